The highest BCUT2D eigenvalue weighted by Crippen LogP contribution is 2.39. The second-order valence-electron chi connectivity index (χ2n) is 6.74. The van der Waals surface area contributed by atoms with Crippen LogP contribution >= 0.6 is 0 Å². The molecule has 1 aromatic carbocycles. The van der Waals surface area contributed by atoms with Crippen LogP contribution in [0.25, 0.3) is 0 Å². The molecule has 0 aliphatic carbocycles. The average Bonchev–Trinajstić information content (AvgIpc) is 2.66. The first-order valence-electron chi connectivity index (χ1n) is 9.02. The van der Waals surface area contributed by atoms with Crippen molar-refractivity contribution in [1.29, 1.82) is 0 Å². The summed E-state index contributed by atoms with van der Waals surface area (Å²) < 4.78 is 10.8. The number of benzene rings is 1. The van der Waals surface area contributed by atoms with E-state index in [1.165, 1.54) is 0 Å². The Labute approximate surface area is 148 Å². The zero-order chi connectivity index (χ0) is 17.7. The maximum atomic E-state index is 12.7. The molecule has 2 aliphatic rings. The average molecular weight is 346 g/mol. The molecule has 2 heterocycles. The van der Waals surface area contributed by atoms with Crippen molar-refractivity contribution in [3.8, 4) is 0 Å². The maximum Gasteiger partial charge on any atom is 0.410 e. The van der Waals surface area contributed by atoms with Gasteiger partial charge in [-0.05, 0) is 38.3 Å². The van der Waals surface area contributed by atoms with E-state index >= 15 is 0 Å². The predicted molar refractivity (Wildman–Crippen MR) is 92.9 cm³/mol. The molecule has 0 aromatic heterocycles. The molecule has 0 saturated carbocycles. The van der Waals surface area contributed by atoms with Gasteiger partial charge in [-0.15, -0.1) is 0 Å². The molecule has 1 N–H and O–H groups in total. The third-order valence-electron chi connectivity index (χ3n) is 5.16. The Morgan fingerprint density at radius 3 is 2.84 bits per heavy atom. The van der Waals surface area contributed by atoms with Gasteiger partial charge in [0.15, 0.2) is 0 Å². The number of rotatable bonds is 4. The van der Waals surface area contributed by atoms with Crippen molar-refractivity contribution in [3.05, 3.63) is 35.9 Å². The molecule has 136 valence electrons. The first kappa shape index (κ1) is 17.7. The van der Waals surface area contributed by atoms with Crippen molar-refractivity contribution >= 4 is 12.1 Å². The fraction of sp³-hybridized carbons (Fsp3) is 0.579. The summed E-state index contributed by atoms with van der Waals surface area (Å²) in [6, 6.07) is 9.67. The van der Waals surface area contributed by atoms with Crippen LogP contribution in [0.2, 0.25) is 0 Å². The van der Waals surface area contributed by atoms with Gasteiger partial charge in [0.1, 0.15) is 12.0 Å². The molecular weight excluding hydrogens is 320 g/mol. The number of carbonyl (C=O) groups excluding carboxylic acids is 2. The number of esters is 1. The number of amides is 1. The fourth-order valence-corrected chi connectivity index (χ4v) is 3.87. The van der Waals surface area contributed by atoms with Crippen molar-refractivity contribution in [2.45, 2.75) is 38.8 Å². The highest BCUT2D eigenvalue weighted by atomic mass is 16.6. The third-order valence-corrected chi connectivity index (χ3v) is 5.16. The molecule has 6 nitrogen and oxygen atoms in total. The van der Waals surface area contributed by atoms with E-state index in [4.69, 9.17) is 9.47 Å². The Kier molecular flexibility index (Phi) is 5.58. The second-order valence-corrected chi connectivity index (χ2v) is 6.74. The standard InChI is InChI=1S/C19H26N2O4/c1-2-24-17(22)19-10-6-11-20-16(19)9-12-21(14-19)18(23)25-13-15-7-4-3-5-8-15/h3-5,7-8,16,20H,2,6,9-14H2,1H3/t16-,19+/m1/s1. The molecule has 0 spiro atoms. The van der Waals surface area contributed by atoms with Crippen LogP contribution in [0.1, 0.15) is 31.7 Å². The summed E-state index contributed by atoms with van der Waals surface area (Å²) in [5.41, 5.74) is 0.295. The number of hydrogen-bond donors (Lipinski definition) is 1. The van der Waals surface area contributed by atoms with Crippen molar-refractivity contribution in [2.75, 3.05) is 26.2 Å². The Hall–Kier alpha value is -2.08. The van der Waals surface area contributed by atoms with Gasteiger partial charge < -0.3 is 19.7 Å². The number of nitrogens with zero attached hydrogens (tertiary/aromatic N) is 1. The lowest BCUT2D eigenvalue weighted by atomic mass is 9.70. The number of likely N-dealkylation sites (tertiary alicyclic amines) is 1. The molecule has 0 bridgehead atoms. The van der Waals surface area contributed by atoms with Crippen LogP contribution in [0.4, 0.5) is 4.79 Å². The van der Waals surface area contributed by atoms with Crippen LogP contribution in [0, 0.1) is 5.41 Å². The van der Waals surface area contributed by atoms with Gasteiger partial charge in [0.25, 0.3) is 0 Å². The molecule has 0 unspecified atom stereocenters. The highest BCUT2D eigenvalue weighted by Gasteiger charge is 2.52. The summed E-state index contributed by atoms with van der Waals surface area (Å²) in [5, 5.41) is 3.44. The lowest BCUT2D eigenvalue weighted by Gasteiger charge is -2.48. The Morgan fingerprint density at radius 1 is 1.28 bits per heavy atom. The number of ether oxygens (including phenoxy) is 2. The molecule has 2 saturated heterocycles. The Morgan fingerprint density at radius 2 is 2.08 bits per heavy atom. The monoisotopic (exact) mass is 346 g/mol. The summed E-state index contributed by atoms with van der Waals surface area (Å²) in [6.45, 7) is 4.26. The molecule has 25 heavy (non-hydrogen) atoms. The summed E-state index contributed by atoms with van der Waals surface area (Å²) in [5.74, 6) is -0.201. The molecule has 6 heteroatoms. The van der Waals surface area contributed by atoms with E-state index in [1.54, 1.807) is 4.90 Å². The van der Waals surface area contributed by atoms with Crippen molar-refractivity contribution in [2.24, 2.45) is 5.41 Å². The van der Waals surface area contributed by atoms with E-state index in [2.05, 4.69) is 5.32 Å². The lowest BCUT2D eigenvalue weighted by molar-refractivity contribution is -0.163. The molecule has 2 fully saturated rings. The molecule has 1 amide bonds. The zero-order valence-electron chi connectivity index (χ0n) is 14.7. The molecule has 1 aromatic rings. The van der Waals surface area contributed by atoms with Crippen LogP contribution in [-0.2, 0) is 20.9 Å². The van der Waals surface area contributed by atoms with E-state index in [0.29, 0.717) is 19.7 Å². The SMILES string of the molecule is CCOC(=O)[C@]12CCCN[C@@H]1CCN(C(=O)OCc1ccccc1)C2. The molecular formula is C19H26N2O4. The van der Waals surface area contributed by atoms with Crippen LogP contribution < -0.4 is 5.32 Å². The number of fused-ring (bicyclic) bond motifs is 1. The minimum Gasteiger partial charge on any atom is -0.465 e. The molecule has 3 rings (SSSR count). The van der Waals surface area contributed by atoms with Crippen molar-refractivity contribution in [1.82, 2.24) is 10.2 Å². The fourth-order valence-electron chi connectivity index (χ4n) is 3.87. The van der Waals surface area contributed by atoms with Gasteiger partial charge in [-0.25, -0.2) is 4.79 Å². The lowest BCUT2D eigenvalue weighted by Crippen LogP contribution is -2.64. The quantitative estimate of drug-likeness (QED) is 0.848. The van der Waals surface area contributed by atoms with E-state index < -0.39 is 5.41 Å². The van der Waals surface area contributed by atoms with Gasteiger partial charge in [0.2, 0.25) is 0 Å². The van der Waals surface area contributed by atoms with E-state index in [1.807, 2.05) is 37.3 Å². The number of hydrogen-bond acceptors (Lipinski definition) is 5. The second kappa shape index (κ2) is 7.87. The zero-order valence-corrected chi connectivity index (χ0v) is 14.7. The number of nitrogens with one attached hydrogen (secondary N) is 1. The largest absolute Gasteiger partial charge is 0.465 e. The minimum atomic E-state index is -0.654. The van der Waals surface area contributed by atoms with Gasteiger partial charge in [0, 0.05) is 19.1 Å². The van der Waals surface area contributed by atoms with Crippen LogP contribution in [-0.4, -0.2) is 49.2 Å². The minimum absolute atomic E-state index is 0.0680. The summed E-state index contributed by atoms with van der Waals surface area (Å²) in [6.07, 6.45) is 2.02. The molecule has 2 atom stereocenters. The number of piperidine rings is 2. The van der Waals surface area contributed by atoms with Gasteiger partial charge >= 0.3 is 12.1 Å². The highest BCUT2D eigenvalue weighted by molar-refractivity contribution is 5.80. The van der Waals surface area contributed by atoms with Crippen molar-refractivity contribution in [3.63, 3.8) is 0 Å². The number of carbonyl (C=O) groups is 2. The van der Waals surface area contributed by atoms with Crippen LogP contribution in [0.15, 0.2) is 30.3 Å². The van der Waals surface area contributed by atoms with Crippen LogP contribution in [0.3, 0.4) is 0 Å². The Balaban J connectivity index is 1.66. The van der Waals surface area contributed by atoms with Gasteiger partial charge in [-0.2, -0.15) is 0 Å². The normalized spacial score (nSPS) is 25.8. The van der Waals surface area contributed by atoms with E-state index in [-0.39, 0.29) is 24.7 Å². The van der Waals surface area contributed by atoms with Gasteiger partial charge in [0.05, 0.1) is 6.61 Å². The predicted octanol–water partition coefficient (Wildman–Crippen LogP) is 2.33. The maximum absolute atomic E-state index is 12.7. The first-order chi connectivity index (χ1) is 12.2. The Bertz CT molecular complexity index is 607. The topological polar surface area (TPSA) is 67.9 Å². The van der Waals surface area contributed by atoms with Gasteiger partial charge in [-0.1, -0.05) is 30.3 Å². The van der Waals surface area contributed by atoms with E-state index in [9.17, 15) is 9.59 Å². The molecule has 0 radical (unpaired) electrons. The van der Waals surface area contributed by atoms with E-state index in [0.717, 1.165) is 31.4 Å². The first-order valence-corrected chi connectivity index (χ1v) is 9.02. The van der Waals surface area contributed by atoms with Crippen LogP contribution in [0.5, 0.6) is 0 Å². The third kappa shape index (κ3) is 3.79. The summed E-state index contributed by atoms with van der Waals surface area (Å²) >= 11 is 0. The molecule has 2 aliphatic heterocycles. The summed E-state index contributed by atoms with van der Waals surface area (Å²) in [4.78, 5) is 26.8. The summed E-state index contributed by atoms with van der Waals surface area (Å²) in [7, 11) is 0. The van der Waals surface area contributed by atoms with Gasteiger partial charge in [-0.3, -0.25) is 4.79 Å². The van der Waals surface area contributed by atoms with Crippen molar-refractivity contribution < 1.29 is 19.1 Å². The smallest absolute Gasteiger partial charge is 0.410 e.